The Hall–Kier alpha value is -1.34. The quantitative estimate of drug-likeness (QED) is 0.716. The second-order valence-electron chi connectivity index (χ2n) is 3.82. The highest BCUT2D eigenvalue weighted by atomic mass is 35.5. The molecule has 0 saturated carbocycles. The number of hydrogen-bond donors (Lipinski definition) is 0. The molecule has 2 aromatic rings. The molecule has 0 bridgehead atoms. The van der Waals surface area contributed by atoms with Crippen molar-refractivity contribution in [2.45, 2.75) is 19.8 Å². The maximum atomic E-state index is 5.75. The van der Waals surface area contributed by atoms with E-state index in [2.05, 4.69) is 36.2 Å². The zero-order chi connectivity index (χ0) is 11.4. The van der Waals surface area contributed by atoms with Gasteiger partial charge in [-0.25, -0.2) is 4.98 Å². The molecule has 0 radical (unpaired) electrons. The molecule has 0 saturated heterocycles. The van der Waals surface area contributed by atoms with Crippen LogP contribution in [0.5, 0.6) is 0 Å². The Morgan fingerprint density at radius 3 is 2.25 bits per heavy atom. The average Bonchev–Trinajstić information content (AvgIpc) is 2.32. The molecule has 0 aliphatic heterocycles. The van der Waals surface area contributed by atoms with E-state index in [0.717, 1.165) is 12.0 Å². The van der Waals surface area contributed by atoms with Crippen molar-refractivity contribution in [3.8, 4) is 11.1 Å². The number of rotatable bonds is 3. The molecule has 1 nitrogen and oxygen atoms in total. The molecule has 0 fully saturated rings. The molecule has 0 aliphatic carbocycles. The molecular formula is C14H14ClN. The zero-order valence-corrected chi connectivity index (χ0v) is 10.0. The van der Waals surface area contributed by atoms with Gasteiger partial charge in [-0.05, 0) is 29.7 Å². The Kier molecular flexibility index (Phi) is 3.58. The SMILES string of the molecule is CCCc1ccc(-c2ccc(Cl)nc2)cc1. The van der Waals surface area contributed by atoms with Crippen LogP contribution < -0.4 is 0 Å². The van der Waals surface area contributed by atoms with Crippen molar-refractivity contribution in [3.63, 3.8) is 0 Å². The van der Waals surface area contributed by atoms with Crippen molar-refractivity contribution < 1.29 is 0 Å². The summed E-state index contributed by atoms with van der Waals surface area (Å²) in [6.07, 6.45) is 4.12. The van der Waals surface area contributed by atoms with Crippen LogP contribution in [0.1, 0.15) is 18.9 Å². The predicted molar refractivity (Wildman–Crippen MR) is 68.7 cm³/mol. The highest BCUT2D eigenvalue weighted by Gasteiger charge is 1.98. The number of halogens is 1. The standard InChI is InChI=1S/C14H14ClN/c1-2-3-11-4-6-12(7-5-11)13-8-9-14(15)16-10-13/h4-10H,2-3H2,1H3. The number of pyridine rings is 1. The fourth-order valence-electron chi connectivity index (χ4n) is 1.70. The molecule has 0 N–H and O–H groups in total. The van der Waals surface area contributed by atoms with Crippen LogP contribution in [0.3, 0.4) is 0 Å². The van der Waals surface area contributed by atoms with E-state index in [9.17, 15) is 0 Å². The molecular weight excluding hydrogens is 218 g/mol. The van der Waals surface area contributed by atoms with Crippen LogP contribution in [-0.2, 0) is 6.42 Å². The second-order valence-corrected chi connectivity index (χ2v) is 4.20. The lowest BCUT2D eigenvalue weighted by Gasteiger charge is -2.03. The summed E-state index contributed by atoms with van der Waals surface area (Å²) in [5.41, 5.74) is 3.67. The van der Waals surface area contributed by atoms with Gasteiger partial charge in [0.2, 0.25) is 0 Å². The van der Waals surface area contributed by atoms with Gasteiger partial charge >= 0.3 is 0 Å². The monoisotopic (exact) mass is 231 g/mol. The zero-order valence-electron chi connectivity index (χ0n) is 9.28. The van der Waals surface area contributed by atoms with Crippen molar-refractivity contribution in [2.24, 2.45) is 0 Å². The molecule has 1 heterocycles. The highest BCUT2D eigenvalue weighted by Crippen LogP contribution is 2.20. The molecule has 0 spiro atoms. The number of aryl methyl sites for hydroxylation is 1. The first kappa shape index (κ1) is 11.2. The summed E-state index contributed by atoms with van der Waals surface area (Å²) in [5, 5.41) is 0.534. The molecule has 2 rings (SSSR count). The Labute approximate surface area is 101 Å². The predicted octanol–water partition coefficient (Wildman–Crippen LogP) is 4.35. The lowest BCUT2D eigenvalue weighted by atomic mass is 10.0. The Morgan fingerprint density at radius 1 is 1.00 bits per heavy atom. The second kappa shape index (κ2) is 5.13. The minimum Gasteiger partial charge on any atom is -0.244 e. The van der Waals surface area contributed by atoms with E-state index >= 15 is 0 Å². The van der Waals surface area contributed by atoms with Crippen LogP contribution in [0.25, 0.3) is 11.1 Å². The van der Waals surface area contributed by atoms with Crippen LogP contribution in [0, 0.1) is 0 Å². The third kappa shape index (κ3) is 2.61. The Bertz CT molecular complexity index is 445. The Morgan fingerprint density at radius 2 is 1.69 bits per heavy atom. The van der Waals surface area contributed by atoms with Gasteiger partial charge in [0.1, 0.15) is 5.15 Å². The van der Waals surface area contributed by atoms with Gasteiger partial charge in [0.05, 0.1) is 0 Å². The summed E-state index contributed by atoms with van der Waals surface area (Å²) in [4.78, 5) is 4.08. The first-order chi connectivity index (χ1) is 7.79. The van der Waals surface area contributed by atoms with E-state index < -0.39 is 0 Å². The van der Waals surface area contributed by atoms with E-state index in [1.54, 1.807) is 6.20 Å². The lowest BCUT2D eigenvalue weighted by Crippen LogP contribution is -1.84. The number of hydrogen-bond acceptors (Lipinski definition) is 1. The molecule has 2 heteroatoms. The van der Waals surface area contributed by atoms with Crippen LogP contribution in [-0.4, -0.2) is 4.98 Å². The van der Waals surface area contributed by atoms with Crippen LogP contribution >= 0.6 is 11.6 Å². The van der Waals surface area contributed by atoms with E-state index in [1.807, 2.05) is 12.1 Å². The van der Waals surface area contributed by atoms with Gasteiger partial charge in [-0.3, -0.25) is 0 Å². The summed E-state index contributed by atoms with van der Waals surface area (Å²) in [5.74, 6) is 0. The topological polar surface area (TPSA) is 12.9 Å². The van der Waals surface area contributed by atoms with Crippen molar-refractivity contribution in [3.05, 3.63) is 53.3 Å². The Balaban J connectivity index is 2.24. The molecule has 0 amide bonds. The summed E-state index contributed by atoms with van der Waals surface area (Å²) in [7, 11) is 0. The summed E-state index contributed by atoms with van der Waals surface area (Å²) in [6, 6.07) is 12.4. The molecule has 0 unspecified atom stereocenters. The van der Waals surface area contributed by atoms with Crippen LogP contribution in [0.4, 0.5) is 0 Å². The summed E-state index contributed by atoms with van der Waals surface area (Å²) < 4.78 is 0. The van der Waals surface area contributed by atoms with E-state index in [0.29, 0.717) is 5.15 Å². The molecule has 0 atom stereocenters. The largest absolute Gasteiger partial charge is 0.244 e. The van der Waals surface area contributed by atoms with Gasteiger partial charge in [0.25, 0.3) is 0 Å². The minimum atomic E-state index is 0.534. The fourth-order valence-corrected chi connectivity index (χ4v) is 1.81. The minimum absolute atomic E-state index is 0.534. The van der Waals surface area contributed by atoms with E-state index in [1.165, 1.54) is 17.5 Å². The average molecular weight is 232 g/mol. The van der Waals surface area contributed by atoms with Crippen LogP contribution in [0.15, 0.2) is 42.6 Å². The van der Waals surface area contributed by atoms with Crippen molar-refractivity contribution >= 4 is 11.6 Å². The fraction of sp³-hybridized carbons (Fsp3) is 0.214. The van der Waals surface area contributed by atoms with Crippen molar-refractivity contribution in [1.82, 2.24) is 4.98 Å². The number of aromatic nitrogens is 1. The van der Waals surface area contributed by atoms with Crippen LogP contribution in [0.2, 0.25) is 5.15 Å². The van der Waals surface area contributed by atoms with E-state index in [-0.39, 0.29) is 0 Å². The third-order valence-electron chi connectivity index (χ3n) is 2.55. The van der Waals surface area contributed by atoms with Gasteiger partial charge in [-0.2, -0.15) is 0 Å². The molecule has 16 heavy (non-hydrogen) atoms. The first-order valence-corrected chi connectivity index (χ1v) is 5.88. The maximum absolute atomic E-state index is 5.75. The molecule has 1 aromatic heterocycles. The van der Waals surface area contributed by atoms with Gasteiger partial charge in [0, 0.05) is 11.8 Å². The number of benzene rings is 1. The summed E-state index contributed by atoms with van der Waals surface area (Å²) >= 11 is 5.75. The molecule has 1 aromatic carbocycles. The molecule has 0 aliphatic rings. The third-order valence-corrected chi connectivity index (χ3v) is 2.78. The van der Waals surface area contributed by atoms with Gasteiger partial charge in [-0.1, -0.05) is 49.2 Å². The van der Waals surface area contributed by atoms with Crippen molar-refractivity contribution in [1.29, 1.82) is 0 Å². The lowest BCUT2D eigenvalue weighted by molar-refractivity contribution is 0.922. The normalized spacial score (nSPS) is 10.4. The van der Waals surface area contributed by atoms with Gasteiger partial charge < -0.3 is 0 Å². The molecule has 82 valence electrons. The smallest absolute Gasteiger partial charge is 0.129 e. The van der Waals surface area contributed by atoms with Crippen molar-refractivity contribution in [2.75, 3.05) is 0 Å². The summed E-state index contributed by atoms with van der Waals surface area (Å²) in [6.45, 7) is 2.19. The van der Waals surface area contributed by atoms with E-state index in [4.69, 9.17) is 11.6 Å². The van der Waals surface area contributed by atoms with Gasteiger partial charge in [0.15, 0.2) is 0 Å². The number of nitrogens with zero attached hydrogens (tertiary/aromatic N) is 1. The first-order valence-electron chi connectivity index (χ1n) is 5.50. The van der Waals surface area contributed by atoms with Gasteiger partial charge in [-0.15, -0.1) is 0 Å². The maximum Gasteiger partial charge on any atom is 0.129 e. The highest BCUT2D eigenvalue weighted by molar-refractivity contribution is 6.29.